The number of nitrogens with one attached hydrogen (secondary N) is 2. The van der Waals surface area contributed by atoms with Gasteiger partial charge in [-0.25, -0.2) is 4.79 Å². The molecule has 0 bridgehead atoms. The van der Waals surface area contributed by atoms with E-state index in [4.69, 9.17) is 0 Å². The van der Waals surface area contributed by atoms with Gasteiger partial charge in [0.1, 0.15) is 5.69 Å². The van der Waals surface area contributed by atoms with Crippen LogP contribution in [-0.4, -0.2) is 11.0 Å². The maximum Gasteiger partial charge on any atom is 0.323 e. The minimum Gasteiger partial charge on any atom is -0.308 e. The van der Waals surface area contributed by atoms with E-state index in [2.05, 4.69) is 10.6 Å². The van der Waals surface area contributed by atoms with Gasteiger partial charge in [-0.15, -0.1) is 0 Å². The summed E-state index contributed by atoms with van der Waals surface area (Å²) in [7, 11) is 0. The van der Waals surface area contributed by atoms with Crippen LogP contribution in [0.4, 0.5) is 21.9 Å². The average Bonchev–Trinajstić information content (AvgIpc) is 2.43. The fourth-order valence-corrected chi connectivity index (χ4v) is 1.86. The summed E-state index contributed by atoms with van der Waals surface area (Å²) in [4.78, 5) is 22.5. The number of hydrogen-bond acceptors (Lipinski definition) is 3. The number of benzene rings is 2. The molecule has 2 aromatic rings. The largest absolute Gasteiger partial charge is 0.323 e. The van der Waals surface area contributed by atoms with Gasteiger partial charge in [0.15, 0.2) is 0 Å². The van der Waals surface area contributed by atoms with Crippen LogP contribution >= 0.6 is 0 Å². The molecule has 0 aliphatic heterocycles. The Hall–Kier alpha value is -2.89. The van der Waals surface area contributed by atoms with Gasteiger partial charge in [-0.1, -0.05) is 18.2 Å². The van der Waals surface area contributed by atoms with E-state index in [0.717, 1.165) is 11.1 Å². The van der Waals surface area contributed by atoms with Crippen LogP contribution < -0.4 is 10.6 Å². The van der Waals surface area contributed by atoms with Crippen LogP contribution in [0.15, 0.2) is 42.5 Å². The van der Waals surface area contributed by atoms with Crippen LogP contribution in [0.2, 0.25) is 0 Å². The molecule has 0 fully saturated rings. The summed E-state index contributed by atoms with van der Waals surface area (Å²) in [6.45, 7) is 3.62. The molecular formula is C15H15N3O3. The third-order valence-electron chi connectivity index (χ3n) is 3.09. The first-order chi connectivity index (χ1) is 9.97. The zero-order valence-electron chi connectivity index (χ0n) is 11.7. The summed E-state index contributed by atoms with van der Waals surface area (Å²) in [6.07, 6.45) is 0. The van der Waals surface area contributed by atoms with Gasteiger partial charge in [0.2, 0.25) is 0 Å². The number of nitro benzene ring substituents is 1. The van der Waals surface area contributed by atoms with Crippen molar-refractivity contribution in [3.63, 3.8) is 0 Å². The van der Waals surface area contributed by atoms with Gasteiger partial charge in [0.05, 0.1) is 4.92 Å². The Labute approximate surface area is 121 Å². The van der Waals surface area contributed by atoms with Crippen molar-refractivity contribution in [2.24, 2.45) is 0 Å². The van der Waals surface area contributed by atoms with E-state index < -0.39 is 11.0 Å². The second-order valence-electron chi connectivity index (χ2n) is 4.66. The molecule has 0 aliphatic carbocycles. The molecule has 0 spiro atoms. The molecular weight excluding hydrogens is 270 g/mol. The van der Waals surface area contributed by atoms with E-state index in [1.165, 1.54) is 6.07 Å². The Morgan fingerprint density at radius 1 is 1.05 bits per heavy atom. The molecule has 108 valence electrons. The molecule has 2 N–H and O–H groups in total. The number of nitrogens with zero attached hydrogens (tertiary/aromatic N) is 1. The van der Waals surface area contributed by atoms with E-state index in [9.17, 15) is 14.9 Å². The summed E-state index contributed by atoms with van der Waals surface area (Å²) < 4.78 is 0. The van der Waals surface area contributed by atoms with Crippen LogP contribution in [0.3, 0.4) is 0 Å². The predicted octanol–water partition coefficient (Wildman–Crippen LogP) is 3.86. The topological polar surface area (TPSA) is 84.3 Å². The van der Waals surface area contributed by atoms with Gasteiger partial charge in [0.25, 0.3) is 5.69 Å². The molecule has 0 aromatic heterocycles. The highest BCUT2D eigenvalue weighted by molar-refractivity contribution is 6.01. The third kappa shape index (κ3) is 3.56. The van der Waals surface area contributed by atoms with Crippen molar-refractivity contribution in [3.8, 4) is 0 Å². The van der Waals surface area contributed by atoms with Gasteiger partial charge in [0, 0.05) is 11.8 Å². The summed E-state index contributed by atoms with van der Waals surface area (Å²) in [5.74, 6) is 0. The monoisotopic (exact) mass is 285 g/mol. The van der Waals surface area contributed by atoms with E-state index in [1.807, 2.05) is 13.0 Å². The van der Waals surface area contributed by atoms with E-state index in [-0.39, 0.29) is 11.4 Å². The highest BCUT2D eigenvalue weighted by atomic mass is 16.6. The Bertz CT molecular complexity index is 684. The lowest BCUT2D eigenvalue weighted by Gasteiger charge is -2.10. The quantitative estimate of drug-likeness (QED) is 0.663. The Morgan fingerprint density at radius 3 is 2.29 bits per heavy atom. The molecule has 0 unspecified atom stereocenters. The number of hydrogen-bond donors (Lipinski definition) is 2. The number of para-hydroxylation sites is 1. The molecule has 0 heterocycles. The molecule has 2 rings (SSSR count). The van der Waals surface area contributed by atoms with E-state index in [0.29, 0.717) is 5.69 Å². The molecule has 2 aromatic carbocycles. The van der Waals surface area contributed by atoms with Crippen LogP contribution in [0.5, 0.6) is 0 Å². The molecule has 0 saturated heterocycles. The SMILES string of the molecule is Cc1cc(NC(=O)Nc2ccccc2)c([N+](=O)[O-])cc1C. The predicted molar refractivity (Wildman–Crippen MR) is 81.7 cm³/mol. The normalized spacial score (nSPS) is 10.0. The molecule has 0 saturated carbocycles. The van der Waals surface area contributed by atoms with Gasteiger partial charge in [-0.3, -0.25) is 10.1 Å². The van der Waals surface area contributed by atoms with Crippen LogP contribution in [0.1, 0.15) is 11.1 Å². The van der Waals surface area contributed by atoms with Crippen molar-refractivity contribution in [1.82, 2.24) is 0 Å². The van der Waals surface area contributed by atoms with E-state index in [1.54, 1.807) is 37.3 Å². The minimum absolute atomic E-state index is 0.124. The maximum atomic E-state index is 11.9. The Balaban J connectivity index is 2.21. The van der Waals surface area contributed by atoms with Crippen molar-refractivity contribution >= 4 is 23.1 Å². The summed E-state index contributed by atoms with van der Waals surface area (Å²) >= 11 is 0. The molecule has 2 amide bonds. The lowest BCUT2D eigenvalue weighted by molar-refractivity contribution is -0.384. The first-order valence-corrected chi connectivity index (χ1v) is 6.36. The molecule has 0 aliphatic rings. The number of aryl methyl sites for hydroxylation is 2. The first kappa shape index (κ1) is 14.5. The van der Waals surface area contributed by atoms with Gasteiger partial charge < -0.3 is 10.6 Å². The standard InChI is InChI=1S/C15H15N3O3/c1-10-8-13(14(18(20)21)9-11(10)2)17-15(19)16-12-6-4-3-5-7-12/h3-9H,1-2H3,(H2,16,17,19). The van der Waals surface area contributed by atoms with E-state index >= 15 is 0 Å². The van der Waals surface area contributed by atoms with Crippen molar-refractivity contribution in [3.05, 3.63) is 63.7 Å². The van der Waals surface area contributed by atoms with Crippen molar-refractivity contribution in [2.75, 3.05) is 10.6 Å². The smallest absolute Gasteiger partial charge is 0.308 e. The highest BCUT2D eigenvalue weighted by Gasteiger charge is 2.17. The third-order valence-corrected chi connectivity index (χ3v) is 3.09. The number of rotatable bonds is 3. The number of amides is 2. The zero-order valence-corrected chi connectivity index (χ0v) is 11.7. The average molecular weight is 285 g/mol. The fourth-order valence-electron chi connectivity index (χ4n) is 1.86. The lowest BCUT2D eigenvalue weighted by atomic mass is 10.1. The lowest BCUT2D eigenvalue weighted by Crippen LogP contribution is -2.20. The number of urea groups is 1. The van der Waals surface area contributed by atoms with Gasteiger partial charge in [-0.2, -0.15) is 0 Å². The number of nitro groups is 1. The first-order valence-electron chi connectivity index (χ1n) is 6.36. The number of anilines is 2. The highest BCUT2D eigenvalue weighted by Crippen LogP contribution is 2.28. The maximum absolute atomic E-state index is 11.9. The van der Waals surface area contributed by atoms with Crippen LogP contribution in [0.25, 0.3) is 0 Å². The van der Waals surface area contributed by atoms with Crippen molar-refractivity contribution in [2.45, 2.75) is 13.8 Å². The molecule has 0 atom stereocenters. The summed E-state index contributed by atoms with van der Waals surface area (Å²) in [5, 5.41) is 16.2. The summed E-state index contributed by atoms with van der Waals surface area (Å²) in [5.41, 5.74) is 2.34. The second-order valence-corrected chi connectivity index (χ2v) is 4.66. The van der Waals surface area contributed by atoms with Crippen molar-refractivity contribution in [1.29, 1.82) is 0 Å². The Morgan fingerprint density at radius 2 is 1.67 bits per heavy atom. The zero-order chi connectivity index (χ0) is 15.4. The number of carbonyl (C=O) groups is 1. The van der Waals surface area contributed by atoms with Crippen LogP contribution in [0, 0.1) is 24.0 Å². The van der Waals surface area contributed by atoms with Crippen LogP contribution in [-0.2, 0) is 0 Å². The van der Waals surface area contributed by atoms with Crippen molar-refractivity contribution < 1.29 is 9.72 Å². The molecule has 6 heteroatoms. The fraction of sp³-hybridized carbons (Fsp3) is 0.133. The Kier molecular flexibility index (Phi) is 4.18. The molecule has 21 heavy (non-hydrogen) atoms. The molecule has 0 radical (unpaired) electrons. The summed E-state index contributed by atoms with van der Waals surface area (Å²) in [6, 6.07) is 11.4. The van der Waals surface area contributed by atoms with Gasteiger partial charge >= 0.3 is 6.03 Å². The molecule has 6 nitrogen and oxygen atoms in total. The minimum atomic E-state index is -0.521. The van der Waals surface area contributed by atoms with Gasteiger partial charge in [-0.05, 0) is 43.2 Å². The second kappa shape index (κ2) is 6.04. The number of carbonyl (C=O) groups excluding carboxylic acids is 1.